The molecule has 0 saturated carbocycles. The maximum atomic E-state index is 14.4. The van der Waals surface area contributed by atoms with E-state index in [1.807, 2.05) is 36.4 Å². The van der Waals surface area contributed by atoms with Crippen LogP contribution in [-0.4, -0.2) is 91.5 Å². The van der Waals surface area contributed by atoms with E-state index in [0.717, 1.165) is 4.90 Å². The van der Waals surface area contributed by atoms with Gasteiger partial charge in [-0.3, -0.25) is 14.5 Å². The van der Waals surface area contributed by atoms with Gasteiger partial charge in [-0.05, 0) is 42.3 Å². The summed E-state index contributed by atoms with van der Waals surface area (Å²) in [6.07, 6.45) is 3.29. The van der Waals surface area contributed by atoms with E-state index in [2.05, 4.69) is 0 Å². The number of sulfonamides is 1. The zero-order valence-electron chi connectivity index (χ0n) is 26.7. The van der Waals surface area contributed by atoms with Gasteiger partial charge in [0, 0.05) is 36.0 Å². The van der Waals surface area contributed by atoms with Crippen LogP contribution >= 0.6 is 0 Å². The van der Waals surface area contributed by atoms with Gasteiger partial charge in [0.25, 0.3) is 11.8 Å². The summed E-state index contributed by atoms with van der Waals surface area (Å²) in [6, 6.07) is 25.2. The topological polar surface area (TPSA) is 160 Å². The van der Waals surface area contributed by atoms with Crippen LogP contribution in [0.25, 0.3) is 28.6 Å². The summed E-state index contributed by atoms with van der Waals surface area (Å²) >= 11 is 0. The highest BCUT2D eigenvalue weighted by atomic mass is 32.2. The van der Waals surface area contributed by atoms with Crippen molar-refractivity contribution < 1.29 is 31.2 Å². The van der Waals surface area contributed by atoms with Crippen LogP contribution in [0, 0.1) is 11.3 Å². The number of nitrogens with zero attached hydrogens (tertiary/aromatic N) is 5. The molecule has 4 heterocycles. The quantitative estimate of drug-likeness (QED) is 0.207. The van der Waals surface area contributed by atoms with Crippen molar-refractivity contribution in [3.8, 4) is 23.0 Å². The summed E-state index contributed by atoms with van der Waals surface area (Å²) < 4.78 is 60.4. The lowest BCUT2D eigenvalue weighted by Gasteiger charge is -2.32. The number of imide groups is 1. The van der Waals surface area contributed by atoms with Crippen LogP contribution in [0.15, 0.2) is 107 Å². The number of morpholine rings is 1. The Hall–Kier alpha value is -5.20. The number of benzene rings is 3. The first-order valence-corrected chi connectivity index (χ1v) is 19.2. The highest BCUT2D eigenvalue weighted by molar-refractivity contribution is 7.91. The van der Waals surface area contributed by atoms with E-state index in [9.17, 15) is 31.7 Å². The molecule has 3 aliphatic rings. The minimum Gasteiger partial charge on any atom is -0.379 e. The fraction of sp³-hybridized carbons (Fsp3) is 0.222. The Morgan fingerprint density at radius 2 is 1.58 bits per heavy atom. The van der Waals surface area contributed by atoms with E-state index in [4.69, 9.17) is 9.84 Å². The molecule has 254 valence electrons. The molecule has 0 N–H and O–H groups in total. The average Bonchev–Trinajstić information content (AvgIpc) is 3.73. The third-order valence-electron chi connectivity index (χ3n) is 8.93. The summed E-state index contributed by atoms with van der Waals surface area (Å²) in [6.45, 7) is 1.03. The number of para-hydroxylation sites is 1. The van der Waals surface area contributed by atoms with Crippen LogP contribution in [0.4, 0.5) is 0 Å². The molecule has 0 bridgehead atoms. The number of amides is 2. The molecule has 0 aliphatic carbocycles. The van der Waals surface area contributed by atoms with Gasteiger partial charge in [0.15, 0.2) is 9.84 Å². The van der Waals surface area contributed by atoms with Gasteiger partial charge in [-0.25, -0.2) is 21.5 Å². The van der Waals surface area contributed by atoms with E-state index in [-0.39, 0.29) is 46.9 Å². The number of rotatable bonds is 7. The lowest BCUT2D eigenvalue weighted by Crippen LogP contribution is -2.49. The van der Waals surface area contributed by atoms with Crippen molar-refractivity contribution in [2.24, 2.45) is 0 Å². The summed E-state index contributed by atoms with van der Waals surface area (Å²) in [5.74, 6) is -2.16. The molecule has 3 aliphatic heterocycles. The SMILES string of the molecule is N#CC1=C(c2ccccc2)/C(=C/c2cn(-c3ccccc3)nc2-c2cccc(S(=O)(=O)N3CCOCC3)c2)C(=O)N(C2CCS(=O)(=O)C2)C1=O. The summed E-state index contributed by atoms with van der Waals surface area (Å²) in [4.78, 5) is 29.2. The summed E-state index contributed by atoms with van der Waals surface area (Å²) in [5.41, 5.74) is 2.15. The molecule has 1 atom stereocenters. The molecular weight excluding hydrogens is 679 g/mol. The third kappa shape index (κ3) is 6.20. The largest absolute Gasteiger partial charge is 0.379 e. The van der Waals surface area contributed by atoms with Crippen molar-refractivity contribution in [3.05, 3.63) is 113 Å². The second-order valence-corrected chi connectivity index (χ2v) is 16.2. The van der Waals surface area contributed by atoms with Crippen molar-refractivity contribution in [2.75, 3.05) is 37.8 Å². The van der Waals surface area contributed by atoms with Crippen LogP contribution in [0.5, 0.6) is 0 Å². The third-order valence-corrected chi connectivity index (χ3v) is 12.6. The molecule has 7 rings (SSSR count). The van der Waals surface area contributed by atoms with Crippen molar-refractivity contribution in [2.45, 2.75) is 17.4 Å². The van der Waals surface area contributed by atoms with E-state index in [1.165, 1.54) is 22.5 Å². The van der Waals surface area contributed by atoms with Gasteiger partial charge in [-0.2, -0.15) is 14.7 Å². The first-order valence-electron chi connectivity index (χ1n) is 15.9. The molecule has 1 aromatic heterocycles. The fourth-order valence-corrected chi connectivity index (χ4v) is 9.62. The Morgan fingerprint density at radius 1 is 0.900 bits per heavy atom. The second kappa shape index (κ2) is 13.3. The molecule has 4 aromatic rings. The molecule has 0 spiro atoms. The summed E-state index contributed by atoms with van der Waals surface area (Å²) in [7, 11) is -7.35. The molecule has 2 amide bonds. The molecule has 1 unspecified atom stereocenters. The Kier molecular flexibility index (Phi) is 8.83. The molecular formula is C36H31N5O7S2. The molecule has 50 heavy (non-hydrogen) atoms. The van der Waals surface area contributed by atoms with Gasteiger partial charge in [-0.1, -0.05) is 60.7 Å². The maximum Gasteiger partial charge on any atom is 0.272 e. The predicted octanol–water partition coefficient (Wildman–Crippen LogP) is 3.48. The van der Waals surface area contributed by atoms with E-state index < -0.39 is 43.5 Å². The Labute approximate surface area is 289 Å². The first-order chi connectivity index (χ1) is 24.1. The Morgan fingerprint density at radius 3 is 2.24 bits per heavy atom. The number of carbonyl (C=O) groups is 2. The van der Waals surface area contributed by atoms with E-state index in [0.29, 0.717) is 41.3 Å². The lowest BCUT2D eigenvalue weighted by molar-refractivity contribution is -0.142. The van der Waals surface area contributed by atoms with Gasteiger partial charge in [0.05, 0.1) is 46.9 Å². The van der Waals surface area contributed by atoms with E-state index >= 15 is 0 Å². The number of nitriles is 1. The lowest BCUT2D eigenvalue weighted by atomic mass is 9.86. The van der Waals surface area contributed by atoms with Crippen molar-refractivity contribution in [1.82, 2.24) is 19.0 Å². The highest BCUT2D eigenvalue weighted by Gasteiger charge is 2.45. The molecule has 2 fully saturated rings. The van der Waals surface area contributed by atoms with Gasteiger partial charge in [-0.15, -0.1) is 0 Å². The van der Waals surface area contributed by atoms with Gasteiger partial charge < -0.3 is 4.74 Å². The normalized spacial score (nSPS) is 20.7. The molecule has 2 saturated heterocycles. The van der Waals surface area contributed by atoms with Crippen LogP contribution in [0.2, 0.25) is 0 Å². The summed E-state index contributed by atoms with van der Waals surface area (Å²) in [5, 5.41) is 15.2. The smallest absolute Gasteiger partial charge is 0.272 e. The van der Waals surface area contributed by atoms with Crippen LogP contribution in [0.3, 0.4) is 0 Å². The average molecular weight is 710 g/mol. The molecule has 0 radical (unpaired) electrons. The Balaban J connectivity index is 1.43. The van der Waals surface area contributed by atoms with E-state index in [1.54, 1.807) is 53.3 Å². The van der Waals surface area contributed by atoms with Gasteiger partial charge in [0.1, 0.15) is 17.3 Å². The second-order valence-electron chi connectivity index (χ2n) is 12.1. The first kappa shape index (κ1) is 33.3. The fourth-order valence-electron chi connectivity index (χ4n) is 6.47. The number of hydrogen-bond donors (Lipinski definition) is 0. The zero-order valence-corrected chi connectivity index (χ0v) is 28.3. The molecule has 3 aromatic carbocycles. The number of hydrogen-bond acceptors (Lipinski definition) is 9. The monoisotopic (exact) mass is 709 g/mol. The predicted molar refractivity (Wildman–Crippen MR) is 184 cm³/mol. The number of aromatic nitrogens is 2. The minimum atomic E-state index is -3.86. The Bertz CT molecular complexity index is 2320. The van der Waals surface area contributed by atoms with Gasteiger partial charge >= 0.3 is 0 Å². The standard InChI is InChI=1S/C36H31N5O7S2/c37-22-32-33(25-8-3-1-4-9-25)31(35(42)41(36(32)43)29-14-19-49(44,45)24-29)21-27-23-40(28-11-5-2-6-12-28)38-34(27)26-10-7-13-30(20-26)50(46,47)39-15-17-48-18-16-39/h1-13,20-21,23,29H,14-19,24H2/b31-21-. The zero-order chi connectivity index (χ0) is 35.0. The van der Waals surface area contributed by atoms with Gasteiger partial charge in [0.2, 0.25) is 10.0 Å². The number of ether oxygens (including phenoxy) is 1. The van der Waals surface area contributed by atoms with Crippen molar-refractivity contribution in [1.29, 1.82) is 5.26 Å². The number of carbonyl (C=O) groups excluding carboxylic acids is 2. The van der Waals surface area contributed by atoms with Crippen LogP contribution in [0.1, 0.15) is 17.5 Å². The van der Waals surface area contributed by atoms with Crippen molar-refractivity contribution in [3.63, 3.8) is 0 Å². The highest BCUT2D eigenvalue weighted by Crippen LogP contribution is 2.38. The van der Waals surface area contributed by atoms with Crippen LogP contribution < -0.4 is 0 Å². The molecule has 12 nitrogen and oxygen atoms in total. The number of sulfone groups is 1. The van der Waals surface area contributed by atoms with Crippen molar-refractivity contribution >= 4 is 43.3 Å². The minimum absolute atomic E-state index is 0.00241. The maximum absolute atomic E-state index is 14.4. The molecule has 14 heteroatoms. The van der Waals surface area contributed by atoms with Crippen LogP contribution in [-0.2, 0) is 34.2 Å².